The number of sulfonamides is 1. The predicted molar refractivity (Wildman–Crippen MR) is 106 cm³/mol. The van der Waals surface area contributed by atoms with Crippen molar-refractivity contribution in [2.75, 3.05) is 18.4 Å². The van der Waals surface area contributed by atoms with Gasteiger partial charge < -0.3 is 15.1 Å². The topological polar surface area (TPSA) is 109 Å². The van der Waals surface area contributed by atoms with Gasteiger partial charge in [-0.2, -0.15) is 4.31 Å². The molecule has 0 radical (unpaired) electrons. The van der Waals surface area contributed by atoms with Crippen molar-refractivity contribution in [1.29, 1.82) is 0 Å². The van der Waals surface area contributed by atoms with Gasteiger partial charge in [0.25, 0.3) is 21.8 Å². The van der Waals surface area contributed by atoms with Gasteiger partial charge in [-0.3, -0.25) is 9.59 Å². The van der Waals surface area contributed by atoms with Gasteiger partial charge >= 0.3 is 0 Å². The number of anilines is 1. The van der Waals surface area contributed by atoms with Crippen molar-refractivity contribution in [2.24, 2.45) is 0 Å². The minimum absolute atomic E-state index is 0.103. The average Bonchev–Trinajstić information content (AvgIpc) is 3.39. The highest BCUT2D eigenvalue weighted by Crippen LogP contribution is 2.23. The van der Waals surface area contributed by atoms with Crippen LogP contribution in [0.5, 0.6) is 0 Å². The predicted octanol–water partition coefficient (Wildman–Crippen LogP) is 2.60. The highest BCUT2D eigenvalue weighted by Gasteiger charge is 2.29. The second kappa shape index (κ2) is 8.00. The number of nitrogens with zero attached hydrogens (tertiary/aromatic N) is 1. The zero-order valence-corrected chi connectivity index (χ0v) is 16.7. The molecule has 2 aromatic rings. The van der Waals surface area contributed by atoms with Crippen molar-refractivity contribution in [3.63, 3.8) is 0 Å². The number of rotatable bonds is 6. The zero-order chi connectivity index (χ0) is 20.4. The molecule has 1 saturated carbocycles. The van der Waals surface area contributed by atoms with Crippen LogP contribution in [0.4, 0.5) is 5.69 Å². The molecule has 0 unspecified atom stereocenters. The van der Waals surface area contributed by atoms with Crippen molar-refractivity contribution >= 4 is 27.5 Å². The molecule has 0 atom stereocenters. The Kier molecular flexibility index (Phi) is 5.42. The van der Waals surface area contributed by atoms with Crippen molar-refractivity contribution in [1.82, 2.24) is 9.62 Å². The lowest BCUT2D eigenvalue weighted by Gasteiger charge is -2.24. The number of piperidine rings is 1. The highest BCUT2D eigenvalue weighted by molar-refractivity contribution is 7.89. The summed E-state index contributed by atoms with van der Waals surface area (Å²) in [4.78, 5) is 24.6. The molecule has 9 heteroatoms. The Morgan fingerprint density at radius 2 is 1.76 bits per heavy atom. The Morgan fingerprint density at radius 3 is 2.48 bits per heavy atom. The molecule has 2 fully saturated rings. The lowest BCUT2D eigenvalue weighted by molar-refractivity contribution is 0.0948. The van der Waals surface area contributed by atoms with Crippen LogP contribution in [0.2, 0.25) is 0 Å². The first-order valence-electron chi connectivity index (χ1n) is 9.76. The molecule has 29 heavy (non-hydrogen) atoms. The number of amides is 2. The van der Waals surface area contributed by atoms with E-state index in [-0.39, 0.29) is 22.8 Å². The Bertz CT molecular complexity index is 1020. The fourth-order valence-corrected chi connectivity index (χ4v) is 4.67. The summed E-state index contributed by atoms with van der Waals surface area (Å²) in [6, 6.07) is 9.46. The third-order valence-corrected chi connectivity index (χ3v) is 6.78. The van der Waals surface area contributed by atoms with Gasteiger partial charge in [0.15, 0.2) is 5.76 Å². The number of nitrogens with one attached hydrogen (secondary N) is 2. The smallest absolute Gasteiger partial charge is 0.291 e. The largest absolute Gasteiger partial charge is 0.438 e. The number of carbonyl (C=O) groups is 2. The summed E-state index contributed by atoms with van der Waals surface area (Å²) < 4.78 is 32.0. The molecule has 1 aromatic heterocycles. The van der Waals surface area contributed by atoms with E-state index in [1.807, 2.05) is 0 Å². The summed E-state index contributed by atoms with van der Waals surface area (Å²) in [6.07, 6.45) is 4.62. The minimum Gasteiger partial charge on any atom is -0.438 e. The molecule has 2 heterocycles. The molecule has 1 aliphatic carbocycles. The lowest BCUT2D eigenvalue weighted by Crippen LogP contribution is -2.35. The maximum absolute atomic E-state index is 12.7. The molecule has 1 saturated heterocycles. The summed E-state index contributed by atoms with van der Waals surface area (Å²) in [7, 11) is -3.74. The summed E-state index contributed by atoms with van der Waals surface area (Å²) in [5, 5.41) is 5.30. The first-order chi connectivity index (χ1) is 13.9. The summed E-state index contributed by atoms with van der Waals surface area (Å²) in [5.41, 5.74) is 0.873. The number of benzene rings is 1. The third-order valence-electron chi connectivity index (χ3n) is 5.01. The Hall–Kier alpha value is -2.65. The van der Waals surface area contributed by atoms with Crippen LogP contribution in [0.25, 0.3) is 0 Å². The van der Waals surface area contributed by atoms with Crippen molar-refractivity contribution < 1.29 is 22.4 Å². The van der Waals surface area contributed by atoms with Gasteiger partial charge in [-0.1, -0.05) is 12.5 Å². The van der Waals surface area contributed by atoms with Gasteiger partial charge in [-0.15, -0.1) is 0 Å². The molecule has 154 valence electrons. The normalized spacial score (nSPS) is 17.7. The van der Waals surface area contributed by atoms with E-state index < -0.39 is 15.9 Å². The zero-order valence-electron chi connectivity index (χ0n) is 15.9. The number of hydrogen-bond donors (Lipinski definition) is 2. The molecule has 2 aliphatic rings. The average molecular weight is 417 g/mol. The minimum atomic E-state index is -3.74. The first kappa shape index (κ1) is 19.7. The SMILES string of the molecule is O=C(NC1CC1)c1cccc(NC(=O)c2ccc(S(=O)(=O)N3CCCCC3)o2)c1. The first-order valence-corrected chi connectivity index (χ1v) is 11.2. The fourth-order valence-electron chi connectivity index (χ4n) is 3.24. The summed E-state index contributed by atoms with van der Waals surface area (Å²) >= 11 is 0. The van der Waals surface area contributed by atoms with Crippen LogP contribution in [0.15, 0.2) is 45.9 Å². The van der Waals surface area contributed by atoms with E-state index in [4.69, 9.17) is 4.42 Å². The maximum atomic E-state index is 12.7. The van der Waals surface area contributed by atoms with E-state index in [9.17, 15) is 18.0 Å². The van der Waals surface area contributed by atoms with Crippen LogP contribution >= 0.6 is 0 Å². The van der Waals surface area contributed by atoms with Crippen LogP contribution < -0.4 is 10.6 Å². The molecule has 0 spiro atoms. The Morgan fingerprint density at radius 1 is 1.00 bits per heavy atom. The highest BCUT2D eigenvalue weighted by atomic mass is 32.2. The fraction of sp³-hybridized carbons (Fsp3) is 0.400. The molecular formula is C20H23N3O5S. The molecule has 0 bridgehead atoms. The van der Waals surface area contributed by atoms with Crippen LogP contribution in [0, 0.1) is 0 Å². The second-order valence-electron chi connectivity index (χ2n) is 7.37. The van der Waals surface area contributed by atoms with Crippen LogP contribution in [-0.2, 0) is 10.0 Å². The van der Waals surface area contributed by atoms with Gasteiger partial charge in [-0.05, 0) is 56.0 Å². The molecule has 2 amide bonds. The van der Waals surface area contributed by atoms with E-state index in [1.165, 1.54) is 16.4 Å². The number of carbonyl (C=O) groups excluding carboxylic acids is 2. The molecule has 1 aromatic carbocycles. The monoisotopic (exact) mass is 417 g/mol. The van der Waals surface area contributed by atoms with E-state index in [1.54, 1.807) is 24.3 Å². The number of furan rings is 1. The van der Waals surface area contributed by atoms with E-state index in [0.717, 1.165) is 32.1 Å². The van der Waals surface area contributed by atoms with Gasteiger partial charge in [0, 0.05) is 30.4 Å². The van der Waals surface area contributed by atoms with Gasteiger partial charge in [0.05, 0.1) is 0 Å². The van der Waals surface area contributed by atoms with Crippen LogP contribution in [0.1, 0.15) is 53.0 Å². The van der Waals surface area contributed by atoms with Crippen LogP contribution in [-0.4, -0.2) is 43.7 Å². The van der Waals surface area contributed by atoms with Crippen molar-refractivity contribution in [2.45, 2.75) is 43.2 Å². The van der Waals surface area contributed by atoms with E-state index in [0.29, 0.717) is 24.3 Å². The lowest BCUT2D eigenvalue weighted by atomic mass is 10.2. The van der Waals surface area contributed by atoms with Crippen LogP contribution in [0.3, 0.4) is 0 Å². The van der Waals surface area contributed by atoms with Gasteiger partial charge in [-0.25, -0.2) is 8.42 Å². The Labute approximate surface area is 169 Å². The standard InChI is InChI=1S/C20H23N3O5S/c24-19(21-15-7-8-15)14-5-4-6-16(13-14)22-20(25)17-9-10-18(28-17)29(26,27)23-11-2-1-3-12-23/h4-6,9-10,13,15H,1-3,7-8,11-12H2,(H,21,24)(H,22,25). The van der Waals surface area contributed by atoms with Gasteiger partial charge in [0.1, 0.15) is 0 Å². The Balaban J connectivity index is 1.45. The van der Waals surface area contributed by atoms with E-state index >= 15 is 0 Å². The van der Waals surface area contributed by atoms with E-state index in [2.05, 4.69) is 10.6 Å². The second-order valence-corrected chi connectivity index (χ2v) is 9.23. The summed E-state index contributed by atoms with van der Waals surface area (Å²) in [5.74, 6) is -0.866. The maximum Gasteiger partial charge on any atom is 0.291 e. The van der Waals surface area contributed by atoms with Crippen molar-refractivity contribution in [3.8, 4) is 0 Å². The van der Waals surface area contributed by atoms with Gasteiger partial charge in [0.2, 0.25) is 5.09 Å². The molecule has 2 N–H and O–H groups in total. The molecule has 1 aliphatic heterocycles. The van der Waals surface area contributed by atoms with Crippen molar-refractivity contribution in [3.05, 3.63) is 47.7 Å². The third kappa shape index (κ3) is 4.51. The number of hydrogen-bond acceptors (Lipinski definition) is 5. The molecule has 4 rings (SSSR count). The quantitative estimate of drug-likeness (QED) is 0.751. The summed E-state index contributed by atoms with van der Waals surface area (Å²) in [6.45, 7) is 0.917. The molecular weight excluding hydrogens is 394 g/mol. The molecule has 8 nitrogen and oxygen atoms in total.